The van der Waals surface area contributed by atoms with Gasteiger partial charge < -0.3 is 16.0 Å². The molecule has 116 valence electrons. The summed E-state index contributed by atoms with van der Waals surface area (Å²) < 4.78 is 0. The molecule has 0 atom stereocenters. The van der Waals surface area contributed by atoms with Crippen molar-refractivity contribution in [2.24, 2.45) is 0 Å². The molecule has 0 heterocycles. The lowest BCUT2D eigenvalue weighted by atomic mass is 10.2. The van der Waals surface area contributed by atoms with Gasteiger partial charge in [0.1, 0.15) is 0 Å². The van der Waals surface area contributed by atoms with Crippen LogP contribution in [0.25, 0.3) is 0 Å². The molecule has 0 saturated heterocycles. The molecule has 0 aliphatic heterocycles. The first-order chi connectivity index (χ1) is 10.2. The van der Waals surface area contributed by atoms with Crippen molar-refractivity contribution in [3.05, 3.63) is 24.3 Å². The van der Waals surface area contributed by atoms with Gasteiger partial charge >= 0.3 is 0 Å². The second-order valence-electron chi connectivity index (χ2n) is 5.84. The largest absolute Gasteiger partial charge is 0.399 e. The monoisotopic (exact) mass is 289 g/mol. The molecule has 1 aliphatic carbocycles. The van der Waals surface area contributed by atoms with Crippen LogP contribution in [0.4, 0.5) is 11.4 Å². The van der Waals surface area contributed by atoms with Gasteiger partial charge in [-0.15, -0.1) is 0 Å². The minimum atomic E-state index is 0.0854. The van der Waals surface area contributed by atoms with Crippen LogP contribution in [0.2, 0.25) is 0 Å². The molecular formula is C17H27N3O. The SMILES string of the molecule is CCN(CCCC(=O)Nc1ccc(N)cc1)C1CCCC1. The summed E-state index contributed by atoms with van der Waals surface area (Å²) in [4.78, 5) is 14.5. The Kier molecular flexibility index (Phi) is 6.05. The Morgan fingerprint density at radius 3 is 2.57 bits per heavy atom. The maximum absolute atomic E-state index is 11.9. The molecular weight excluding hydrogens is 262 g/mol. The molecule has 0 aromatic heterocycles. The maximum Gasteiger partial charge on any atom is 0.224 e. The molecule has 1 aromatic carbocycles. The van der Waals surface area contributed by atoms with Crippen LogP contribution in [-0.4, -0.2) is 29.9 Å². The molecule has 3 N–H and O–H groups in total. The molecule has 0 radical (unpaired) electrons. The number of hydrogen-bond acceptors (Lipinski definition) is 3. The van der Waals surface area contributed by atoms with E-state index < -0.39 is 0 Å². The van der Waals surface area contributed by atoms with Gasteiger partial charge in [0, 0.05) is 23.8 Å². The van der Waals surface area contributed by atoms with Gasteiger partial charge in [-0.1, -0.05) is 19.8 Å². The highest BCUT2D eigenvalue weighted by atomic mass is 16.1. The summed E-state index contributed by atoms with van der Waals surface area (Å²) in [5.74, 6) is 0.0854. The second kappa shape index (κ2) is 8.03. The van der Waals surface area contributed by atoms with E-state index in [9.17, 15) is 4.79 Å². The third kappa shape index (κ3) is 5.05. The molecule has 0 bridgehead atoms. The number of nitrogens with one attached hydrogen (secondary N) is 1. The number of hydrogen-bond donors (Lipinski definition) is 2. The first-order valence-electron chi connectivity index (χ1n) is 8.08. The van der Waals surface area contributed by atoms with E-state index >= 15 is 0 Å². The fourth-order valence-electron chi connectivity index (χ4n) is 3.10. The molecule has 1 fully saturated rings. The molecule has 21 heavy (non-hydrogen) atoms. The molecule has 1 amide bonds. The zero-order chi connectivity index (χ0) is 15.1. The fourth-order valence-corrected chi connectivity index (χ4v) is 3.10. The second-order valence-corrected chi connectivity index (χ2v) is 5.84. The van der Waals surface area contributed by atoms with E-state index in [0.717, 1.165) is 31.2 Å². The van der Waals surface area contributed by atoms with Crippen molar-refractivity contribution in [3.8, 4) is 0 Å². The molecule has 4 heteroatoms. The van der Waals surface area contributed by atoms with E-state index in [1.807, 2.05) is 12.1 Å². The Labute approximate surface area is 127 Å². The molecule has 1 aliphatic rings. The first-order valence-corrected chi connectivity index (χ1v) is 8.08. The minimum absolute atomic E-state index is 0.0854. The summed E-state index contributed by atoms with van der Waals surface area (Å²) in [5.41, 5.74) is 7.16. The Morgan fingerprint density at radius 2 is 1.95 bits per heavy atom. The Hall–Kier alpha value is -1.55. The van der Waals surface area contributed by atoms with Gasteiger partial charge in [-0.05, 0) is 56.6 Å². The van der Waals surface area contributed by atoms with Crippen LogP contribution in [0.1, 0.15) is 45.4 Å². The minimum Gasteiger partial charge on any atom is -0.399 e. The van der Waals surface area contributed by atoms with Crippen LogP contribution >= 0.6 is 0 Å². The smallest absolute Gasteiger partial charge is 0.224 e. The summed E-state index contributed by atoms with van der Waals surface area (Å²) >= 11 is 0. The molecule has 0 spiro atoms. The van der Waals surface area contributed by atoms with Gasteiger partial charge in [0.2, 0.25) is 5.91 Å². The van der Waals surface area contributed by atoms with Crippen molar-refractivity contribution in [1.82, 2.24) is 4.90 Å². The number of nitrogens with two attached hydrogens (primary N) is 1. The Bertz CT molecular complexity index is 438. The van der Waals surface area contributed by atoms with E-state index in [-0.39, 0.29) is 5.91 Å². The van der Waals surface area contributed by atoms with Crippen molar-refractivity contribution in [2.75, 3.05) is 24.1 Å². The van der Waals surface area contributed by atoms with E-state index in [1.165, 1.54) is 25.7 Å². The maximum atomic E-state index is 11.9. The summed E-state index contributed by atoms with van der Waals surface area (Å²) in [5, 5.41) is 2.92. The van der Waals surface area contributed by atoms with Crippen molar-refractivity contribution in [3.63, 3.8) is 0 Å². The number of amides is 1. The topological polar surface area (TPSA) is 58.4 Å². The average molecular weight is 289 g/mol. The lowest BCUT2D eigenvalue weighted by Gasteiger charge is -2.27. The lowest BCUT2D eigenvalue weighted by Crippen LogP contribution is -2.34. The van der Waals surface area contributed by atoms with Gasteiger partial charge in [0.25, 0.3) is 0 Å². The zero-order valence-electron chi connectivity index (χ0n) is 13.0. The van der Waals surface area contributed by atoms with Gasteiger partial charge in [-0.3, -0.25) is 4.79 Å². The highest BCUT2D eigenvalue weighted by molar-refractivity contribution is 5.90. The van der Waals surface area contributed by atoms with Crippen LogP contribution in [0.15, 0.2) is 24.3 Å². The van der Waals surface area contributed by atoms with Gasteiger partial charge in [0.05, 0.1) is 0 Å². The van der Waals surface area contributed by atoms with Crippen LogP contribution in [-0.2, 0) is 4.79 Å². The standard InChI is InChI=1S/C17H27N3O/c1-2-20(16-6-3-4-7-16)13-5-8-17(21)19-15-11-9-14(18)10-12-15/h9-12,16H,2-8,13,18H2,1H3,(H,19,21). The molecule has 1 aromatic rings. The number of carbonyl (C=O) groups excluding carboxylic acids is 1. The van der Waals surface area contributed by atoms with E-state index in [4.69, 9.17) is 5.73 Å². The number of rotatable bonds is 7. The van der Waals surface area contributed by atoms with Crippen molar-refractivity contribution < 1.29 is 4.79 Å². The third-order valence-corrected chi connectivity index (χ3v) is 4.29. The molecule has 0 unspecified atom stereocenters. The van der Waals surface area contributed by atoms with Crippen LogP contribution in [0.5, 0.6) is 0 Å². The quantitative estimate of drug-likeness (QED) is 0.758. The zero-order valence-corrected chi connectivity index (χ0v) is 13.0. The van der Waals surface area contributed by atoms with Crippen molar-refractivity contribution in [2.45, 2.75) is 51.5 Å². The van der Waals surface area contributed by atoms with E-state index in [0.29, 0.717) is 12.1 Å². The summed E-state index contributed by atoms with van der Waals surface area (Å²) in [6.45, 7) is 4.33. The van der Waals surface area contributed by atoms with E-state index in [1.54, 1.807) is 12.1 Å². The Balaban J connectivity index is 1.69. The number of nitrogen functional groups attached to an aromatic ring is 1. The van der Waals surface area contributed by atoms with E-state index in [2.05, 4.69) is 17.1 Å². The summed E-state index contributed by atoms with van der Waals surface area (Å²) in [6, 6.07) is 8.02. The normalized spacial score (nSPS) is 15.5. The van der Waals surface area contributed by atoms with Gasteiger partial charge in [0.15, 0.2) is 0 Å². The summed E-state index contributed by atoms with van der Waals surface area (Å²) in [7, 11) is 0. The van der Waals surface area contributed by atoms with Crippen LogP contribution in [0.3, 0.4) is 0 Å². The molecule has 4 nitrogen and oxygen atoms in total. The number of anilines is 2. The predicted molar refractivity (Wildman–Crippen MR) is 88.2 cm³/mol. The van der Waals surface area contributed by atoms with Crippen molar-refractivity contribution >= 4 is 17.3 Å². The Morgan fingerprint density at radius 1 is 1.29 bits per heavy atom. The fraction of sp³-hybridized carbons (Fsp3) is 0.588. The lowest BCUT2D eigenvalue weighted by molar-refractivity contribution is -0.116. The number of nitrogens with zero attached hydrogens (tertiary/aromatic N) is 1. The van der Waals surface area contributed by atoms with Gasteiger partial charge in [-0.2, -0.15) is 0 Å². The number of carbonyl (C=O) groups is 1. The van der Waals surface area contributed by atoms with Crippen LogP contribution in [0, 0.1) is 0 Å². The predicted octanol–water partition coefficient (Wildman–Crippen LogP) is 3.25. The van der Waals surface area contributed by atoms with Gasteiger partial charge in [-0.25, -0.2) is 0 Å². The average Bonchev–Trinajstić information content (AvgIpc) is 3.00. The first kappa shape index (κ1) is 15.8. The highest BCUT2D eigenvalue weighted by Gasteiger charge is 2.20. The molecule has 1 saturated carbocycles. The summed E-state index contributed by atoms with van der Waals surface area (Å²) in [6.07, 6.45) is 6.87. The van der Waals surface area contributed by atoms with Crippen LogP contribution < -0.4 is 11.1 Å². The highest BCUT2D eigenvalue weighted by Crippen LogP contribution is 2.23. The molecule has 2 rings (SSSR count). The van der Waals surface area contributed by atoms with Crippen molar-refractivity contribution in [1.29, 1.82) is 0 Å². The number of benzene rings is 1. The third-order valence-electron chi connectivity index (χ3n) is 4.29.